The smallest absolute Gasteiger partial charge is 0.315 e. The Morgan fingerprint density at radius 3 is 2.90 bits per heavy atom. The minimum absolute atomic E-state index is 0.216. The van der Waals surface area contributed by atoms with Gasteiger partial charge >= 0.3 is 6.03 Å². The molecule has 2 N–H and O–H groups in total. The molecule has 0 fully saturated rings. The summed E-state index contributed by atoms with van der Waals surface area (Å²) in [5, 5.41) is 5.50. The van der Waals surface area contributed by atoms with Crippen molar-refractivity contribution < 1.29 is 9.53 Å². The highest BCUT2D eigenvalue weighted by Crippen LogP contribution is 2.11. The maximum absolute atomic E-state index is 11.6. The number of aromatic nitrogens is 1. The van der Waals surface area contributed by atoms with Crippen LogP contribution in [0.15, 0.2) is 48.8 Å². The summed E-state index contributed by atoms with van der Waals surface area (Å²) in [5.41, 5.74) is 2.11. The average Bonchev–Trinajstić information content (AvgIpc) is 2.51. The molecule has 0 saturated carbocycles. The molecule has 0 spiro atoms. The van der Waals surface area contributed by atoms with Crippen LogP contribution in [0.25, 0.3) is 0 Å². The van der Waals surface area contributed by atoms with Crippen LogP contribution in [0.3, 0.4) is 0 Å². The van der Waals surface area contributed by atoms with E-state index in [1.165, 1.54) is 0 Å². The number of nitrogens with one attached hydrogen (secondary N) is 2. The van der Waals surface area contributed by atoms with E-state index in [0.29, 0.717) is 19.7 Å². The third kappa shape index (κ3) is 5.52. The molecule has 5 nitrogen and oxygen atoms in total. The van der Waals surface area contributed by atoms with E-state index in [0.717, 1.165) is 16.9 Å². The summed E-state index contributed by atoms with van der Waals surface area (Å²) in [5.74, 6) is 0.813. The first kappa shape index (κ1) is 14.8. The van der Waals surface area contributed by atoms with Crippen molar-refractivity contribution >= 4 is 6.03 Å². The molecule has 0 radical (unpaired) electrons. The van der Waals surface area contributed by atoms with Crippen molar-refractivity contribution in [2.45, 2.75) is 13.5 Å². The summed E-state index contributed by atoms with van der Waals surface area (Å²) in [6.45, 7) is 3.35. The standard InChI is InChI=1S/C16H19N3O2/c1-13-4-2-6-15(10-13)21-9-8-18-16(20)19-12-14-5-3-7-17-11-14/h2-7,10-11H,8-9,12H2,1H3,(H2,18,19,20). The van der Waals surface area contributed by atoms with Gasteiger partial charge < -0.3 is 15.4 Å². The van der Waals surface area contributed by atoms with E-state index in [1.54, 1.807) is 12.4 Å². The Morgan fingerprint density at radius 1 is 1.24 bits per heavy atom. The minimum Gasteiger partial charge on any atom is -0.492 e. The van der Waals surface area contributed by atoms with Gasteiger partial charge in [-0.15, -0.1) is 0 Å². The predicted octanol–water partition coefficient (Wildman–Crippen LogP) is 2.27. The lowest BCUT2D eigenvalue weighted by atomic mass is 10.2. The molecule has 0 aliphatic carbocycles. The van der Waals surface area contributed by atoms with Gasteiger partial charge in [0.05, 0.1) is 6.54 Å². The second-order valence-corrected chi connectivity index (χ2v) is 4.64. The normalized spacial score (nSPS) is 9.95. The summed E-state index contributed by atoms with van der Waals surface area (Å²) >= 11 is 0. The van der Waals surface area contributed by atoms with E-state index in [2.05, 4.69) is 15.6 Å². The van der Waals surface area contributed by atoms with Gasteiger partial charge in [0.1, 0.15) is 12.4 Å². The predicted molar refractivity (Wildman–Crippen MR) is 81.1 cm³/mol. The van der Waals surface area contributed by atoms with Crippen LogP contribution in [0.5, 0.6) is 5.75 Å². The van der Waals surface area contributed by atoms with Gasteiger partial charge in [0, 0.05) is 18.9 Å². The van der Waals surface area contributed by atoms with Gasteiger partial charge in [-0.25, -0.2) is 4.79 Å². The molecule has 0 unspecified atom stereocenters. The van der Waals surface area contributed by atoms with E-state index in [9.17, 15) is 4.79 Å². The first-order valence-corrected chi connectivity index (χ1v) is 6.84. The molecule has 2 rings (SSSR count). The molecule has 2 amide bonds. The Balaban J connectivity index is 1.61. The van der Waals surface area contributed by atoms with Gasteiger partial charge in [-0.1, -0.05) is 18.2 Å². The molecule has 1 heterocycles. The lowest BCUT2D eigenvalue weighted by molar-refractivity contribution is 0.236. The number of amides is 2. The van der Waals surface area contributed by atoms with Crippen LogP contribution < -0.4 is 15.4 Å². The third-order valence-corrected chi connectivity index (χ3v) is 2.82. The average molecular weight is 285 g/mol. The first-order chi connectivity index (χ1) is 10.2. The van der Waals surface area contributed by atoms with Gasteiger partial charge in [0.2, 0.25) is 0 Å². The first-order valence-electron chi connectivity index (χ1n) is 6.84. The van der Waals surface area contributed by atoms with Gasteiger partial charge in [-0.05, 0) is 36.2 Å². The molecule has 0 aliphatic rings. The van der Waals surface area contributed by atoms with Crippen LogP contribution in [-0.4, -0.2) is 24.2 Å². The zero-order valence-corrected chi connectivity index (χ0v) is 12.0. The fourth-order valence-electron chi connectivity index (χ4n) is 1.79. The fraction of sp³-hybridized carbons (Fsp3) is 0.250. The maximum Gasteiger partial charge on any atom is 0.315 e. The maximum atomic E-state index is 11.6. The molecule has 0 atom stereocenters. The molecule has 5 heteroatoms. The summed E-state index contributed by atoms with van der Waals surface area (Å²) < 4.78 is 5.55. The zero-order valence-electron chi connectivity index (χ0n) is 12.0. The minimum atomic E-state index is -0.216. The highest BCUT2D eigenvalue weighted by molar-refractivity contribution is 5.73. The Labute approximate surface area is 124 Å². The van der Waals surface area contributed by atoms with Crippen LogP contribution in [0.2, 0.25) is 0 Å². The van der Waals surface area contributed by atoms with Gasteiger partial charge in [-0.3, -0.25) is 4.98 Å². The van der Waals surface area contributed by atoms with E-state index in [-0.39, 0.29) is 6.03 Å². The molecular weight excluding hydrogens is 266 g/mol. The van der Waals surface area contributed by atoms with Crippen molar-refractivity contribution in [3.8, 4) is 5.75 Å². The fourth-order valence-corrected chi connectivity index (χ4v) is 1.79. The van der Waals surface area contributed by atoms with E-state index < -0.39 is 0 Å². The van der Waals surface area contributed by atoms with E-state index in [4.69, 9.17) is 4.74 Å². The van der Waals surface area contributed by atoms with Crippen molar-refractivity contribution in [2.75, 3.05) is 13.2 Å². The molecular formula is C16H19N3O2. The molecule has 1 aromatic heterocycles. The SMILES string of the molecule is Cc1cccc(OCCNC(=O)NCc2cccnc2)c1. The van der Waals surface area contributed by atoms with Crippen LogP contribution in [0.1, 0.15) is 11.1 Å². The van der Waals surface area contributed by atoms with Gasteiger partial charge in [-0.2, -0.15) is 0 Å². The van der Waals surface area contributed by atoms with Crippen LogP contribution in [0, 0.1) is 6.92 Å². The van der Waals surface area contributed by atoms with Crippen molar-refractivity contribution in [1.29, 1.82) is 0 Å². The molecule has 0 saturated heterocycles. The molecule has 0 aliphatic heterocycles. The van der Waals surface area contributed by atoms with Gasteiger partial charge in [0.25, 0.3) is 0 Å². The number of ether oxygens (including phenoxy) is 1. The van der Waals surface area contributed by atoms with Gasteiger partial charge in [0.15, 0.2) is 0 Å². The van der Waals surface area contributed by atoms with E-state index in [1.807, 2.05) is 43.3 Å². The van der Waals surface area contributed by atoms with Crippen LogP contribution in [-0.2, 0) is 6.54 Å². The van der Waals surface area contributed by atoms with Crippen molar-refractivity contribution in [3.63, 3.8) is 0 Å². The van der Waals surface area contributed by atoms with Crippen molar-refractivity contribution in [2.24, 2.45) is 0 Å². The van der Waals surface area contributed by atoms with Crippen molar-refractivity contribution in [3.05, 3.63) is 59.9 Å². The Bertz CT molecular complexity index is 573. The number of benzene rings is 1. The number of carbonyl (C=O) groups excluding carboxylic acids is 1. The lowest BCUT2D eigenvalue weighted by Crippen LogP contribution is -2.37. The second kappa shape index (κ2) is 7.89. The number of aryl methyl sites for hydroxylation is 1. The Morgan fingerprint density at radius 2 is 2.14 bits per heavy atom. The summed E-state index contributed by atoms with van der Waals surface area (Å²) in [4.78, 5) is 15.6. The summed E-state index contributed by atoms with van der Waals surface area (Å²) in [6.07, 6.45) is 3.42. The number of carbonyl (C=O) groups is 1. The monoisotopic (exact) mass is 285 g/mol. The third-order valence-electron chi connectivity index (χ3n) is 2.82. The summed E-state index contributed by atoms with van der Waals surface area (Å²) in [7, 11) is 0. The Kier molecular flexibility index (Phi) is 5.58. The number of urea groups is 1. The molecule has 21 heavy (non-hydrogen) atoms. The van der Waals surface area contributed by atoms with E-state index >= 15 is 0 Å². The zero-order chi connectivity index (χ0) is 14.9. The largest absolute Gasteiger partial charge is 0.492 e. The molecule has 110 valence electrons. The molecule has 2 aromatic rings. The second-order valence-electron chi connectivity index (χ2n) is 4.64. The number of rotatable bonds is 6. The molecule has 0 bridgehead atoms. The van der Waals surface area contributed by atoms with Crippen LogP contribution in [0.4, 0.5) is 4.79 Å². The quantitative estimate of drug-likeness (QED) is 0.800. The number of nitrogens with zero attached hydrogens (tertiary/aromatic N) is 1. The topological polar surface area (TPSA) is 63.2 Å². The van der Waals surface area contributed by atoms with Crippen molar-refractivity contribution in [1.82, 2.24) is 15.6 Å². The number of hydrogen-bond donors (Lipinski definition) is 2. The molecule has 1 aromatic carbocycles. The Hall–Kier alpha value is -2.56. The van der Waals surface area contributed by atoms with Crippen LogP contribution >= 0.6 is 0 Å². The highest BCUT2D eigenvalue weighted by atomic mass is 16.5. The lowest BCUT2D eigenvalue weighted by Gasteiger charge is -2.09. The number of pyridine rings is 1. The highest BCUT2D eigenvalue weighted by Gasteiger charge is 2.00. The number of hydrogen-bond acceptors (Lipinski definition) is 3. The summed E-state index contributed by atoms with van der Waals surface area (Å²) in [6, 6.07) is 11.3.